The van der Waals surface area contributed by atoms with Crippen LogP contribution in [0, 0.1) is 0 Å². The zero-order valence-corrected chi connectivity index (χ0v) is 15.0. The topological polar surface area (TPSA) is 43.7 Å². The van der Waals surface area contributed by atoms with E-state index in [9.17, 15) is 0 Å². The molecule has 0 atom stereocenters. The number of benzene rings is 2. The highest BCUT2D eigenvalue weighted by Gasteiger charge is 2.21. The van der Waals surface area contributed by atoms with Gasteiger partial charge in [-0.25, -0.2) is 9.98 Å². The first-order chi connectivity index (χ1) is 12.3. The fraction of sp³-hybridized carbons (Fsp3) is 0.200. The van der Waals surface area contributed by atoms with Gasteiger partial charge < -0.3 is 9.47 Å². The molecule has 1 heterocycles. The van der Waals surface area contributed by atoms with Crippen LogP contribution in [0.2, 0.25) is 0 Å². The molecule has 1 aliphatic carbocycles. The van der Waals surface area contributed by atoms with Crippen LogP contribution in [0.4, 0.5) is 5.13 Å². The highest BCUT2D eigenvalue weighted by molar-refractivity contribution is 7.15. The molecule has 0 N–H and O–H groups in total. The number of aromatic nitrogens is 1. The number of hydrogen-bond acceptors (Lipinski definition) is 5. The Bertz CT molecular complexity index is 947. The first kappa shape index (κ1) is 15.8. The number of thiazole rings is 1. The predicted octanol–water partition coefficient (Wildman–Crippen LogP) is 4.68. The standard InChI is InChI=1S/C20H18N2O2S/c1-23-15-5-3-4-13(10-15)12-21-20-22-19-17-11-16(24-2)8-6-14(17)7-9-18(19)25-20/h3-6,8,10-12H,7,9H2,1-2H3. The van der Waals surface area contributed by atoms with Crippen LogP contribution in [-0.4, -0.2) is 25.4 Å². The van der Waals surface area contributed by atoms with Crippen molar-refractivity contribution in [2.45, 2.75) is 12.8 Å². The molecular formula is C20H18N2O2S. The van der Waals surface area contributed by atoms with Crippen LogP contribution in [0.15, 0.2) is 47.5 Å². The van der Waals surface area contributed by atoms with Gasteiger partial charge in [-0.05, 0) is 48.2 Å². The monoisotopic (exact) mass is 350 g/mol. The summed E-state index contributed by atoms with van der Waals surface area (Å²) < 4.78 is 10.6. The minimum absolute atomic E-state index is 0.781. The molecule has 0 aliphatic heterocycles. The van der Waals surface area contributed by atoms with E-state index in [-0.39, 0.29) is 0 Å². The lowest BCUT2D eigenvalue weighted by Crippen LogP contribution is -2.02. The van der Waals surface area contributed by atoms with Crippen LogP contribution in [0.1, 0.15) is 16.0 Å². The Morgan fingerprint density at radius 3 is 2.72 bits per heavy atom. The molecule has 0 radical (unpaired) electrons. The van der Waals surface area contributed by atoms with Crippen LogP contribution in [0.3, 0.4) is 0 Å². The molecule has 3 aromatic rings. The van der Waals surface area contributed by atoms with Gasteiger partial charge in [0.2, 0.25) is 5.13 Å². The number of ether oxygens (including phenoxy) is 2. The number of nitrogens with zero attached hydrogens (tertiary/aromatic N) is 2. The molecule has 0 bridgehead atoms. The van der Waals surface area contributed by atoms with Gasteiger partial charge in [-0.2, -0.15) is 0 Å². The van der Waals surface area contributed by atoms with E-state index in [0.29, 0.717) is 0 Å². The third-order valence-electron chi connectivity index (χ3n) is 4.30. The number of hydrogen-bond donors (Lipinski definition) is 0. The SMILES string of the molecule is COc1cccc(C=Nc2nc3c(s2)CCc2ccc(OC)cc2-3)c1. The lowest BCUT2D eigenvalue weighted by atomic mass is 9.93. The lowest BCUT2D eigenvalue weighted by molar-refractivity contribution is 0.414. The summed E-state index contributed by atoms with van der Waals surface area (Å²) in [4.78, 5) is 10.6. The van der Waals surface area contributed by atoms with Crippen molar-refractivity contribution in [3.63, 3.8) is 0 Å². The maximum Gasteiger partial charge on any atom is 0.209 e. The molecule has 1 aromatic heterocycles. The average Bonchev–Trinajstić information content (AvgIpc) is 3.09. The van der Waals surface area contributed by atoms with Gasteiger partial charge in [-0.15, -0.1) is 0 Å². The van der Waals surface area contributed by atoms with E-state index in [1.807, 2.05) is 36.5 Å². The van der Waals surface area contributed by atoms with Gasteiger partial charge in [0.05, 0.1) is 19.9 Å². The molecule has 5 heteroatoms. The molecular weight excluding hydrogens is 332 g/mol. The summed E-state index contributed by atoms with van der Waals surface area (Å²) in [6.45, 7) is 0. The second-order valence-electron chi connectivity index (χ2n) is 5.83. The minimum atomic E-state index is 0.781. The average molecular weight is 350 g/mol. The molecule has 0 spiro atoms. The summed E-state index contributed by atoms with van der Waals surface area (Å²) in [5, 5.41) is 0.781. The summed E-state index contributed by atoms with van der Waals surface area (Å²) in [5.74, 6) is 1.68. The van der Waals surface area contributed by atoms with Gasteiger partial charge in [-0.3, -0.25) is 0 Å². The van der Waals surface area contributed by atoms with Gasteiger partial charge in [0.25, 0.3) is 0 Å². The summed E-state index contributed by atoms with van der Waals surface area (Å²) >= 11 is 1.66. The van der Waals surface area contributed by atoms with Crippen LogP contribution in [0.5, 0.6) is 11.5 Å². The second kappa shape index (κ2) is 6.69. The Labute approximate surface area is 150 Å². The number of methoxy groups -OCH3 is 2. The van der Waals surface area contributed by atoms with E-state index >= 15 is 0 Å². The van der Waals surface area contributed by atoms with Crippen LogP contribution >= 0.6 is 11.3 Å². The van der Waals surface area contributed by atoms with E-state index in [1.165, 1.54) is 16.0 Å². The quantitative estimate of drug-likeness (QED) is 0.642. The molecule has 0 saturated carbocycles. The van der Waals surface area contributed by atoms with Crippen molar-refractivity contribution < 1.29 is 9.47 Å². The smallest absolute Gasteiger partial charge is 0.209 e. The van der Waals surface area contributed by atoms with E-state index in [4.69, 9.17) is 14.5 Å². The molecule has 0 fully saturated rings. The molecule has 126 valence electrons. The van der Waals surface area contributed by atoms with Crippen LogP contribution in [0.25, 0.3) is 11.3 Å². The fourth-order valence-electron chi connectivity index (χ4n) is 3.00. The molecule has 0 saturated heterocycles. The van der Waals surface area contributed by atoms with Gasteiger partial charge >= 0.3 is 0 Å². The number of aliphatic imine (C=N–C) groups is 1. The van der Waals surface area contributed by atoms with Gasteiger partial charge in [0, 0.05) is 16.7 Å². The van der Waals surface area contributed by atoms with Gasteiger partial charge in [0.15, 0.2) is 0 Å². The molecule has 0 unspecified atom stereocenters. The lowest BCUT2D eigenvalue weighted by Gasteiger charge is -2.15. The number of rotatable bonds is 4. The summed E-state index contributed by atoms with van der Waals surface area (Å²) in [7, 11) is 3.35. The predicted molar refractivity (Wildman–Crippen MR) is 102 cm³/mol. The normalized spacial score (nSPS) is 12.7. The van der Waals surface area contributed by atoms with Crippen molar-refractivity contribution in [3.05, 3.63) is 58.5 Å². The molecule has 4 nitrogen and oxygen atoms in total. The zero-order chi connectivity index (χ0) is 17.2. The second-order valence-corrected chi connectivity index (χ2v) is 6.89. The Hall–Kier alpha value is -2.66. The Morgan fingerprint density at radius 2 is 1.88 bits per heavy atom. The van der Waals surface area contributed by atoms with E-state index in [1.54, 1.807) is 25.6 Å². The highest BCUT2D eigenvalue weighted by Crippen LogP contribution is 2.40. The van der Waals surface area contributed by atoms with Crippen LogP contribution < -0.4 is 9.47 Å². The fourth-order valence-corrected chi connectivity index (χ4v) is 3.91. The van der Waals surface area contributed by atoms with Crippen molar-refractivity contribution in [2.75, 3.05) is 14.2 Å². The van der Waals surface area contributed by atoms with E-state index in [0.717, 1.165) is 40.7 Å². The molecule has 0 amide bonds. The van der Waals surface area contributed by atoms with E-state index in [2.05, 4.69) is 17.1 Å². The molecule has 2 aromatic carbocycles. The van der Waals surface area contributed by atoms with Crippen molar-refractivity contribution in [3.8, 4) is 22.8 Å². The summed E-state index contributed by atoms with van der Waals surface area (Å²) in [6, 6.07) is 14.0. The first-order valence-electron chi connectivity index (χ1n) is 8.12. The van der Waals surface area contributed by atoms with Gasteiger partial charge in [0.1, 0.15) is 11.5 Å². The van der Waals surface area contributed by atoms with Crippen molar-refractivity contribution in [1.29, 1.82) is 0 Å². The van der Waals surface area contributed by atoms with Gasteiger partial charge in [-0.1, -0.05) is 29.5 Å². The minimum Gasteiger partial charge on any atom is -0.497 e. The van der Waals surface area contributed by atoms with E-state index < -0.39 is 0 Å². The van der Waals surface area contributed by atoms with Crippen LogP contribution in [-0.2, 0) is 12.8 Å². The zero-order valence-electron chi connectivity index (χ0n) is 14.2. The molecule has 25 heavy (non-hydrogen) atoms. The number of fused-ring (bicyclic) bond motifs is 3. The first-order valence-corrected chi connectivity index (χ1v) is 8.93. The Morgan fingerprint density at radius 1 is 1.04 bits per heavy atom. The maximum atomic E-state index is 5.36. The molecule has 4 rings (SSSR count). The Balaban J connectivity index is 1.66. The highest BCUT2D eigenvalue weighted by atomic mass is 32.1. The Kier molecular flexibility index (Phi) is 4.24. The van der Waals surface area contributed by atoms with Crippen molar-refractivity contribution in [2.24, 2.45) is 4.99 Å². The van der Waals surface area contributed by atoms with Crippen molar-refractivity contribution >= 4 is 22.7 Å². The largest absolute Gasteiger partial charge is 0.497 e. The third-order valence-corrected chi connectivity index (χ3v) is 5.32. The molecule has 1 aliphatic rings. The maximum absolute atomic E-state index is 5.36. The summed E-state index contributed by atoms with van der Waals surface area (Å²) in [6.07, 6.45) is 3.88. The van der Waals surface area contributed by atoms with Crippen molar-refractivity contribution in [1.82, 2.24) is 4.98 Å². The third kappa shape index (κ3) is 3.15. The summed E-state index contributed by atoms with van der Waals surface area (Å²) in [5.41, 5.74) is 4.53. The number of aryl methyl sites for hydroxylation is 2.